The molecular weight excluding hydrogens is 254 g/mol. The van der Waals surface area contributed by atoms with E-state index >= 15 is 0 Å². The van der Waals surface area contributed by atoms with Gasteiger partial charge < -0.3 is 6.90 Å². The van der Waals surface area contributed by atoms with E-state index in [0.717, 1.165) is 0 Å². The molecule has 0 bridgehead atoms. The SMILES string of the molecule is O.O=S(=O)(O)O.[H-].[Na+].[SnH2]. The molecule has 0 atom stereocenters. The third-order valence-corrected chi connectivity index (χ3v) is 0. The van der Waals surface area contributed by atoms with Crippen LogP contribution in [0.4, 0.5) is 0 Å². The zero-order chi connectivity index (χ0) is 4.50. The van der Waals surface area contributed by atoms with Gasteiger partial charge in [0.2, 0.25) is 0 Å². The summed E-state index contributed by atoms with van der Waals surface area (Å²) in [5, 5.41) is 0. The molecule has 48 valence electrons. The van der Waals surface area contributed by atoms with Gasteiger partial charge in [-0.1, -0.05) is 0 Å². The molecule has 0 aliphatic rings. The van der Waals surface area contributed by atoms with Crippen molar-refractivity contribution in [2.45, 2.75) is 0 Å². The summed E-state index contributed by atoms with van der Waals surface area (Å²) in [6.45, 7) is 0. The van der Waals surface area contributed by atoms with Crippen LogP contribution in [0.3, 0.4) is 0 Å². The molecule has 0 heterocycles. The van der Waals surface area contributed by atoms with E-state index in [9.17, 15) is 0 Å². The molecule has 0 aliphatic carbocycles. The first-order chi connectivity index (χ1) is 2.00. The van der Waals surface area contributed by atoms with E-state index in [2.05, 4.69) is 0 Å². The van der Waals surface area contributed by atoms with Crippen molar-refractivity contribution in [2.24, 2.45) is 0 Å². The van der Waals surface area contributed by atoms with E-state index in [1.54, 1.807) is 0 Å². The van der Waals surface area contributed by atoms with Gasteiger partial charge in [-0.25, -0.2) is 0 Å². The summed E-state index contributed by atoms with van der Waals surface area (Å²) in [6.07, 6.45) is 0. The second-order valence-corrected chi connectivity index (χ2v) is 1.34. The first-order valence-electron chi connectivity index (χ1n) is 0.698. The van der Waals surface area contributed by atoms with Gasteiger partial charge in [0.05, 0.1) is 0 Å². The average Bonchev–Trinajstić information content (AvgIpc) is 0.722. The van der Waals surface area contributed by atoms with Gasteiger partial charge in [-0.05, 0) is 0 Å². The Bertz CT molecular complexity index is 100. The second-order valence-electron chi connectivity index (χ2n) is 0.448. The molecule has 0 saturated heterocycles. The van der Waals surface area contributed by atoms with Crippen LogP contribution in [0.5, 0.6) is 0 Å². The minimum atomic E-state index is -4.67. The predicted octanol–water partition coefficient (Wildman–Crippen LogP) is -5.28. The maximum atomic E-state index is 8.74. The summed E-state index contributed by atoms with van der Waals surface area (Å²) in [6, 6.07) is 0. The third kappa shape index (κ3) is 126. The zero-order valence-corrected chi connectivity index (χ0v) is 11.2. The van der Waals surface area contributed by atoms with Gasteiger partial charge in [0.1, 0.15) is 0 Å². The summed E-state index contributed by atoms with van der Waals surface area (Å²) < 4.78 is 31.6. The number of hydrogen-bond acceptors (Lipinski definition) is 2. The van der Waals surface area contributed by atoms with E-state index in [1.165, 1.54) is 0 Å². The van der Waals surface area contributed by atoms with E-state index in [0.29, 0.717) is 0 Å². The van der Waals surface area contributed by atoms with Crippen LogP contribution in [0.2, 0.25) is 0 Å². The Morgan fingerprint density at radius 1 is 1.25 bits per heavy atom. The molecule has 0 aromatic rings. The summed E-state index contributed by atoms with van der Waals surface area (Å²) in [5.74, 6) is 0. The van der Waals surface area contributed by atoms with Crippen molar-refractivity contribution in [3.63, 3.8) is 0 Å². The van der Waals surface area contributed by atoms with Gasteiger partial charge in [0, 0.05) is 0 Å². The molecule has 0 fully saturated rings. The topological polar surface area (TPSA) is 106 Å². The fraction of sp³-hybridized carbons (Fsp3) is 0. The third-order valence-electron chi connectivity index (χ3n) is 0. The number of rotatable bonds is 0. The molecule has 0 rings (SSSR count). The monoisotopic (exact) mass is 262 g/mol. The van der Waals surface area contributed by atoms with Crippen LogP contribution in [0.1, 0.15) is 1.43 Å². The van der Waals surface area contributed by atoms with E-state index in [1.807, 2.05) is 0 Å². The van der Waals surface area contributed by atoms with Crippen molar-refractivity contribution >= 4 is 34.3 Å². The maximum absolute atomic E-state index is 8.74. The normalized spacial score (nSPS) is 7.25. The van der Waals surface area contributed by atoms with Gasteiger partial charge in [0.15, 0.2) is 0 Å². The molecule has 0 spiro atoms. The van der Waals surface area contributed by atoms with Crippen molar-refractivity contribution in [1.29, 1.82) is 0 Å². The molecule has 0 saturated carbocycles. The quantitative estimate of drug-likeness (QED) is 0.335. The summed E-state index contributed by atoms with van der Waals surface area (Å²) in [5.41, 5.74) is 0. The molecular formula is H7NaO5SSn. The van der Waals surface area contributed by atoms with E-state index in [4.69, 9.17) is 17.5 Å². The fourth-order valence-corrected chi connectivity index (χ4v) is 0. The van der Waals surface area contributed by atoms with Gasteiger partial charge in [0.25, 0.3) is 0 Å². The number of hydrogen-bond donors (Lipinski definition) is 2. The van der Waals surface area contributed by atoms with Gasteiger partial charge in [-0.2, -0.15) is 8.42 Å². The van der Waals surface area contributed by atoms with Crippen LogP contribution in [0, 0.1) is 0 Å². The van der Waals surface area contributed by atoms with Crippen LogP contribution in [-0.2, 0) is 10.4 Å². The Kier molecular flexibility index (Phi) is 24.4. The van der Waals surface area contributed by atoms with Crippen LogP contribution in [0.25, 0.3) is 0 Å². The predicted molar refractivity (Wildman–Crippen MR) is 27.4 cm³/mol. The molecule has 0 unspecified atom stereocenters. The first kappa shape index (κ1) is 22.6. The summed E-state index contributed by atoms with van der Waals surface area (Å²) in [4.78, 5) is 0. The van der Waals surface area contributed by atoms with Gasteiger partial charge >= 0.3 is 63.9 Å². The minimum absolute atomic E-state index is 0. The fourth-order valence-electron chi connectivity index (χ4n) is 0. The molecule has 2 radical (unpaired) electrons. The molecule has 0 aliphatic heterocycles. The molecule has 4 N–H and O–H groups in total. The Hall–Kier alpha value is 1.63. The first-order valence-corrected chi connectivity index (χ1v) is 2.10. The van der Waals surface area contributed by atoms with Crippen LogP contribution in [0.15, 0.2) is 0 Å². The van der Waals surface area contributed by atoms with Crippen LogP contribution >= 0.6 is 0 Å². The van der Waals surface area contributed by atoms with Crippen molar-refractivity contribution in [1.82, 2.24) is 0 Å². The van der Waals surface area contributed by atoms with Crippen molar-refractivity contribution < 1.29 is 54.0 Å². The van der Waals surface area contributed by atoms with E-state index in [-0.39, 0.29) is 60.4 Å². The Labute approximate surface area is 87.5 Å². The molecule has 8 heavy (non-hydrogen) atoms. The van der Waals surface area contributed by atoms with Crippen LogP contribution in [-0.4, -0.2) is 46.9 Å². The zero-order valence-electron chi connectivity index (χ0n) is 5.33. The van der Waals surface area contributed by atoms with E-state index < -0.39 is 10.4 Å². The van der Waals surface area contributed by atoms with Crippen LogP contribution < -0.4 is 29.6 Å². The second kappa shape index (κ2) is 8.63. The van der Waals surface area contributed by atoms with Gasteiger partial charge in [-0.3, -0.25) is 9.11 Å². The Morgan fingerprint density at radius 3 is 1.25 bits per heavy atom. The van der Waals surface area contributed by atoms with Crippen molar-refractivity contribution in [3.05, 3.63) is 0 Å². The van der Waals surface area contributed by atoms with Gasteiger partial charge in [-0.15, -0.1) is 0 Å². The average molecular weight is 261 g/mol. The Morgan fingerprint density at radius 2 is 1.25 bits per heavy atom. The van der Waals surface area contributed by atoms with Crippen molar-refractivity contribution in [3.8, 4) is 0 Å². The Balaban J connectivity index is -0.0000000133. The standard InChI is InChI=1S/Na.H2O4S.H2O.Sn.3H/c;1-5(2,3)4;;;;;/h;(H2,1,2,3,4);1H2;;;;/q+1;;;;;;-1. The molecule has 0 amide bonds. The summed E-state index contributed by atoms with van der Waals surface area (Å²) in [7, 11) is -4.67. The molecule has 0 aromatic carbocycles. The molecule has 8 heteroatoms. The van der Waals surface area contributed by atoms with Crippen molar-refractivity contribution in [2.75, 3.05) is 0 Å². The summed E-state index contributed by atoms with van der Waals surface area (Å²) >= 11 is 0. The molecule has 5 nitrogen and oxygen atoms in total. The molecule has 0 aromatic heterocycles.